The molecule has 132 valence electrons. The van der Waals surface area contributed by atoms with Crippen LogP contribution in [-0.2, 0) is 0 Å². The third-order valence-electron chi connectivity index (χ3n) is 4.71. The van der Waals surface area contributed by atoms with Gasteiger partial charge in [0.05, 0.1) is 20.7 Å². The van der Waals surface area contributed by atoms with E-state index in [0.717, 1.165) is 23.1 Å². The number of nitrogens with one attached hydrogen (secondary N) is 1. The number of halogens is 1. The van der Waals surface area contributed by atoms with E-state index < -0.39 is 11.7 Å². The molecule has 1 N–H and O–H groups in total. The fourth-order valence-corrected chi connectivity index (χ4v) is 5.81. The molecule has 3 aromatic rings. The van der Waals surface area contributed by atoms with Crippen LogP contribution in [0.25, 0.3) is 0 Å². The Morgan fingerprint density at radius 2 is 1.56 bits per heavy atom. The van der Waals surface area contributed by atoms with Gasteiger partial charge in [-0.3, -0.25) is 14.4 Å². The molecule has 0 amide bonds. The Labute approximate surface area is 160 Å². The van der Waals surface area contributed by atoms with Crippen LogP contribution in [0.1, 0.15) is 37.1 Å². The lowest BCUT2D eigenvalue weighted by Crippen LogP contribution is -2.27. The first-order valence-corrected chi connectivity index (χ1v) is 9.77. The molecule has 0 fully saturated rings. The van der Waals surface area contributed by atoms with E-state index in [4.69, 9.17) is 0 Å². The largest absolute Gasteiger partial charge is 0.307 e. The van der Waals surface area contributed by atoms with Crippen LogP contribution in [0, 0.1) is 5.82 Å². The minimum absolute atomic E-state index is 0.227. The van der Waals surface area contributed by atoms with Gasteiger partial charge in [-0.25, -0.2) is 4.39 Å². The number of H-pyrrole nitrogens is 1. The number of carbonyl (C=O) groups is 2. The van der Waals surface area contributed by atoms with Crippen LogP contribution in [0.2, 0.25) is 0 Å². The van der Waals surface area contributed by atoms with Crippen LogP contribution in [-0.4, -0.2) is 16.6 Å². The minimum atomic E-state index is -0.578. The predicted molar refractivity (Wildman–Crippen MR) is 101 cm³/mol. The summed E-state index contributed by atoms with van der Waals surface area (Å²) in [4.78, 5) is 41.8. The zero-order valence-corrected chi connectivity index (χ0v) is 15.2. The first-order valence-electron chi connectivity index (χ1n) is 8.13. The van der Waals surface area contributed by atoms with Crippen LogP contribution in [0.4, 0.5) is 4.39 Å². The summed E-state index contributed by atoms with van der Waals surface area (Å²) in [6.07, 6.45) is 0. The molecule has 0 saturated heterocycles. The molecular weight excluding hydrogens is 385 g/mol. The molecule has 1 unspecified atom stereocenters. The first kappa shape index (κ1) is 16.4. The maximum absolute atomic E-state index is 13.4. The number of allylic oxidation sites excluding steroid dienone is 2. The third kappa shape index (κ3) is 2.39. The fourth-order valence-electron chi connectivity index (χ4n) is 3.53. The van der Waals surface area contributed by atoms with Gasteiger partial charge in [-0.2, -0.15) is 0 Å². The van der Waals surface area contributed by atoms with E-state index in [1.54, 1.807) is 36.4 Å². The van der Waals surface area contributed by atoms with E-state index in [1.807, 2.05) is 0 Å². The summed E-state index contributed by atoms with van der Waals surface area (Å²) >= 11 is 2.14. The van der Waals surface area contributed by atoms with Crippen LogP contribution < -0.4 is 4.87 Å². The van der Waals surface area contributed by atoms with Gasteiger partial charge in [0.25, 0.3) is 0 Å². The summed E-state index contributed by atoms with van der Waals surface area (Å²) in [5.74, 6) is -1.42. The number of hydrogen-bond donors (Lipinski definition) is 1. The van der Waals surface area contributed by atoms with Crippen molar-refractivity contribution in [1.82, 2.24) is 4.98 Å². The lowest BCUT2D eigenvalue weighted by Gasteiger charge is -2.30. The molecule has 1 aliphatic carbocycles. The molecule has 1 aliphatic heterocycles. The zero-order chi connectivity index (χ0) is 18.7. The predicted octanol–water partition coefficient (Wildman–Crippen LogP) is 4.15. The molecule has 1 atom stereocenters. The maximum atomic E-state index is 13.4. The number of thiazole rings is 1. The van der Waals surface area contributed by atoms with E-state index in [1.165, 1.54) is 12.1 Å². The number of Topliss-reactive ketones (excluding diaryl/α,β-unsaturated/α-hetero) is 2. The topological polar surface area (TPSA) is 67.0 Å². The highest BCUT2D eigenvalue weighted by atomic mass is 32.2. The second-order valence-electron chi connectivity index (χ2n) is 6.24. The number of aromatic amines is 1. The van der Waals surface area contributed by atoms with Gasteiger partial charge in [-0.1, -0.05) is 59.5 Å². The van der Waals surface area contributed by atoms with Crippen LogP contribution >= 0.6 is 23.1 Å². The Bertz CT molecular complexity index is 1220. The summed E-state index contributed by atoms with van der Waals surface area (Å²) in [6.45, 7) is 0. The van der Waals surface area contributed by atoms with Gasteiger partial charge in [0.15, 0.2) is 5.78 Å². The minimum Gasteiger partial charge on any atom is -0.307 e. The van der Waals surface area contributed by atoms with Crippen LogP contribution in [0.15, 0.2) is 68.8 Å². The van der Waals surface area contributed by atoms with Crippen molar-refractivity contribution in [3.63, 3.8) is 0 Å². The number of aromatic nitrogens is 1. The molecule has 0 saturated carbocycles. The summed E-state index contributed by atoms with van der Waals surface area (Å²) in [6, 6.07) is 12.5. The molecule has 27 heavy (non-hydrogen) atoms. The van der Waals surface area contributed by atoms with Gasteiger partial charge in [-0.15, -0.1) is 0 Å². The number of benzene rings is 2. The third-order valence-corrected chi connectivity index (χ3v) is 6.92. The van der Waals surface area contributed by atoms with Crippen molar-refractivity contribution in [1.29, 1.82) is 0 Å². The van der Waals surface area contributed by atoms with Crippen molar-refractivity contribution in [2.75, 3.05) is 0 Å². The molecule has 1 aromatic heterocycles. The highest BCUT2D eigenvalue weighted by molar-refractivity contribution is 8.04. The van der Waals surface area contributed by atoms with Crippen molar-refractivity contribution >= 4 is 34.7 Å². The van der Waals surface area contributed by atoms with Crippen molar-refractivity contribution in [2.24, 2.45) is 0 Å². The average Bonchev–Trinajstić information content (AvgIpc) is 3.05. The number of rotatable bonds is 1. The van der Waals surface area contributed by atoms with Crippen LogP contribution in [0.5, 0.6) is 0 Å². The molecule has 7 heteroatoms. The molecule has 0 radical (unpaired) electrons. The Morgan fingerprint density at radius 1 is 0.889 bits per heavy atom. The van der Waals surface area contributed by atoms with Gasteiger partial charge < -0.3 is 4.98 Å². The van der Waals surface area contributed by atoms with Crippen LogP contribution in [0.3, 0.4) is 0 Å². The maximum Gasteiger partial charge on any atom is 0.305 e. The molecule has 2 aromatic carbocycles. The summed E-state index contributed by atoms with van der Waals surface area (Å²) in [5.41, 5.74) is 1.76. The van der Waals surface area contributed by atoms with Gasteiger partial charge in [-0.05, 0) is 17.7 Å². The normalized spacial score (nSPS) is 18.2. The summed E-state index contributed by atoms with van der Waals surface area (Å²) in [5, 5.41) is 0.568. The van der Waals surface area contributed by atoms with Gasteiger partial charge >= 0.3 is 4.87 Å². The smallest absolute Gasteiger partial charge is 0.305 e. The Morgan fingerprint density at radius 3 is 2.26 bits per heavy atom. The van der Waals surface area contributed by atoms with Gasteiger partial charge in [0.2, 0.25) is 5.78 Å². The lowest BCUT2D eigenvalue weighted by molar-refractivity contribution is 0.0977. The van der Waals surface area contributed by atoms with Gasteiger partial charge in [0.1, 0.15) is 5.82 Å². The molecule has 5 rings (SSSR count). The summed E-state index contributed by atoms with van der Waals surface area (Å²) < 4.78 is 13.4. The second kappa shape index (κ2) is 5.87. The number of hydrogen-bond acceptors (Lipinski definition) is 5. The Kier molecular flexibility index (Phi) is 3.57. The van der Waals surface area contributed by atoms with Gasteiger partial charge in [0, 0.05) is 16.7 Å². The first-order chi connectivity index (χ1) is 13.0. The van der Waals surface area contributed by atoms with E-state index in [-0.39, 0.29) is 16.4 Å². The fraction of sp³-hybridized carbons (Fsp3) is 0.0500. The van der Waals surface area contributed by atoms with Crippen molar-refractivity contribution in [3.05, 3.63) is 96.1 Å². The van der Waals surface area contributed by atoms with E-state index in [0.29, 0.717) is 37.1 Å². The molecule has 2 aliphatic rings. The number of thioether (sulfide) groups is 1. The van der Waals surface area contributed by atoms with E-state index in [9.17, 15) is 18.8 Å². The monoisotopic (exact) mass is 395 g/mol. The Hall–Kier alpha value is -2.77. The number of ketones is 2. The van der Waals surface area contributed by atoms with E-state index >= 15 is 0 Å². The lowest BCUT2D eigenvalue weighted by atomic mass is 9.79. The van der Waals surface area contributed by atoms with E-state index in [2.05, 4.69) is 4.98 Å². The molecule has 0 spiro atoms. The zero-order valence-electron chi connectivity index (χ0n) is 13.6. The SMILES string of the molecule is O=C1C2=C(C(=O)c3ccccc31)C(c1ccc(F)cc1)c1sc(=O)[nH]c1S2. The number of carbonyl (C=O) groups excluding carboxylic acids is 2. The molecular formula is C20H10FNO3S2. The molecule has 2 heterocycles. The van der Waals surface area contributed by atoms with Crippen molar-refractivity contribution < 1.29 is 14.0 Å². The quantitative estimate of drug-likeness (QED) is 0.672. The van der Waals surface area contributed by atoms with Crippen molar-refractivity contribution in [2.45, 2.75) is 10.9 Å². The average molecular weight is 395 g/mol. The second-order valence-corrected chi connectivity index (χ2v) is 8.28. The molecule has 4 nitrogen and oxygen atoms in total. The highest BCUT2D eigenvalue weighted by Crippen LogP contribution is 2.51. The van der Waals surface area contributed by atoms with Crippen molar-refractivity contribution in [3.8, 4) is 0 Å². The summed E-state index contributed by atoms with van der Waals surface area (Å²) in [7, 11) is 0. The number of fused-ring (bicyclic) bond motifs is 2. The Balaban J connectivity index is 1.79. The highest BCUT2D eigenvalue weighted by Gasteiger charge is 2.42. The standard InChI is InChI=1S/C20H10FNO3S2/c21-10-7-5-9(6-8-10)13-14-15(23)11-3-1-2-4-12(11)16(24)17(14)26-19-18(13)27-20(25)22-19/h1-8,13H,(H,22,25). The molecule has 0 bridgehead atoms.